The summed E-state index contributed by atoms with van der Waals surface area (Å²) in [4.78, 5) is 4.22. The van der Waals surface area contributed by atoms with Gasteiger partial charge in [-0.2, -0.15) is 0 Å². The maximum Gasteiger partial charge on any atom is 0.202 e. The molecule has 0 radical (unpaired) electrons. The molecule has 0 saturated heterocycles. The Morgan fingerprint density at radius 1 is 1.62 bits per heavy atom. The minimum absolute atomic E-state index is 0.724. The van der Waals surface area contributed by atoms with Crippen LogP contribution in [-0.4, -0.2) is 22.6 Å². The van der Waals surface area contributed by atoms with Gasteiger partial charge in [0.1, 0.15) is 0 Å². The Bertz CT molecular complexity index is 231. The summed E-state index contributed by atoms with van der Waals surface area (Å²) in [5, 5.41) is 3.25. The monoisotopic (exact) mass is 182 g/mol. The predicted molar refractivity (Wildman–Crippen MR) is 54.7 cm³/mol. The maximum absolute atomic E-state index is 5.40. The van der Waals surface area contributed by atoms with E-state index in [4.69, 9.17) is 5.73 Å². The van der Waals surface area contributed by atoms with Crippen molar-refractivity contribution in [1.82, 2.24) is 9.55 Å². The molecule has 1 aromatic heterocycles. The van der Waals surface area contributed by atoms with Gasteiger partial charge < -0.3 is 15.6 Å². The van der Waals surface area contributed by atoms with E-state index < -0.39 is 0 Å². The second kappa shape index (κ2) is 5.59. The highest BCUT2D eigenvalue weighted by molar-refractivity contribution is 5.25. The van der Waals surface area contributed by atoms with Crippen LogP contribution in [0.3, 0.4) is 0 Å². The van der Waals surface area contributed by atoms with Crippen LogP contribution in [0, 0.1) is 0 Å². The fourth-order valence-corrected chi connectivity index (χ4v) is 1.20. The van der Waals surface area contributed by atoms with Gasteiger partial charge in [-0.3, -0.25) is 0 Å². The summed E-state index contributed by atoms with van der Waals surface area (Å²) in [6.45, 7) is 4.80. The van der Waals surface area contributed by atoms with E-state index in [0.29, 0.717) is 0 Å². The van der Waals surface area contributed by atoms with Crippen molar-refractivity contribution >= 4 is 5.95 Å². The molecule has 0 fully saturated rings. The van der Waals surface area contributed by atoms with Crippen molar-refractivity contribution in [3.05, 3.63) is 12.4 Å². The molecule has 0 amide bonds. The summed E-state index contributed by atoms with van der Waals surface area (Å²) >= 11 is 0. The van der Waals surface area contributed by atoms with Gasteiger partial charge in [0.2, 0.25) is 5.95 Å². The predicted octanol–water partition coefficient (Wildman–Crippen LogP) is 1.05. The summed E-state index contributed by atoms with van der Waals surface area (Å²) in [5.74, 6) is 0.954. The molecule has 1 aromatic rings. The van der Waals surface area contributed by atoms with Crippen LogP contribution in [-0.2, 0) is 6.54 Å². The highest BCUT2D eigenvalue weighted by Crippen LogP contribution is 2.04. The van der Waals surface area contributed by atoms with Gasteiger partial charge in [-0.1, -0.05) is 6.92 Å². The topological polar surface area (TPSA) is 55.9 Å². The van der Waals surface area contributed by atoms with Gasteiger partial charge in [0.15, 0.2) is 0 Å². The number of anilines is 1. The Morgan fingerprint density at radius 3 is 3.15 bits per heavy atom. The van der Waals surface area contributed by atoms with Crippen LogP contribution in [0.25, 0.3) is 0 Å². The molecule has 0 atom stereocenters. The lowest BCUT2D eigenvalue weighted by molar-refractivity contribution is 0.680. The molecule has 0 spiro atoms. The van der Waals surface area contributed by atoms with Crippen molar-refractivity contribution in [3.8, 4) is 0 Å². The van der Waals surface area contributed by atoms with Crippen LogP contribution in [0.5, 0.6) is 0 Å². The molecule has 0 bridgehead atoms. The largest absolute Gasteiger partial charge is 0.356 e. The zero-order chi connectivity index (χ0) is 9.52. The molecule has 0 unspecified atom stereocenters. The average Bonchev–Trinajstić information content (AvgIpc) is 2.54. The third-order valence-corrected chi connectivity index (χ3v) is 1.84. The summed E-state index contributed by atoms with van der Waals surface area (Å²) in [6, 6.07) is 0. The van der Waals surface area contributed by atoms with Crippen molar-refractivity contribution in [3.63, 3.8) is 0 Å². The minimum Gasteiger partial charge on any atom is -0.356 e. The lowest BCUT2D eigenvalue weighted by atomic mass is 10.4. The van der Waals surface area contributed by atoms with Crippen LogP contribution < -0.4 is 11.1 Å². The van der Waals surface area contributed by atoms with Crippen molar-refractivity contribution in [1.29, 1.82) is 0 Å². The van der Waals surface area contributed by atoms with Crippen LogP contribution in [0.1, 0.15) is 19.8 Å². The Morgan fingerprint density at radius 2 is 2.46 bits per heavy atom. The highest BCUT2D eigenvalue weighted by atomic mass is 15.2. The number of aryl methyl sites for hydroxylation is 1. The number of imidazole rings is 1. The quantitative estimate of drug-likeness (QED) is 0.647. The molecule has 4 heteroatoms. The number of nitrogens with zero attached hydrogens (tertiary/aromatic N) is 2. The second-order valence-electron chi connectivity index (χ2n) is 3.01. The van der Waals surface area contributed by atoms with E-state index in [9.17, 15) is 0 Å². The number of nitrogens with two attached hydrogens (primary N) is 1. The maximum atomic E-state index is 5.40. The molecular formula is C9H18N4. The minimum atomic E-state index is 0.724. The van der Waals surface area contributed by atoms with Crippen molar-refractivity contribution in [2.45, 2.75) is 26.3 Å². The molecule has 13 heavy (non-hydrogen) atoms. The summed E-state index contributed by atoms with van der Waals surface area (Å²) in [6.07, 6.45) is 5.93. The number of hydrogen-bond acceptors (Lipinski definition) is 3. The van der Waals surface area contributed by atoms with E-state index in [-0.39, 0.29) is 0 Å². The van der Waals surface area contributed by atoms with Crippen molar-refractivity contribution in [2.75, 3.05) is 18.4 Å². The number of hydrogen-bond donors (Lipinski definition) is 2. The SMILES string of the molecule is CCCn1ccnc1NCCCN. The van der Waals surface area contributed by atoms with E-state index in [1.54, 1.807) is 0 Å². The molecule has 3 N–H and O–H groups in total. The van der Waals surface area contributed by atoms with Crippen molar-refractivity contribution < 1.29 is 0 Å². The summed E-state index contributed by atoms with van der Waals surface area (Å²) in [7, 11) is 0. The smallest absolute Gasteiger partial charge is 0.202 e. The van der Waals surface area contributed by atoms with Gasteiger partial charge in [-0.05, 0) is 19.4 Å². The lowest BCUT2D eigenvalue weighted by Gasteiger charge is -2.07. The third-order valence-electron chi connectivity index (χ3n) is 1.84. The van der Waals surface area contributed by atoms with Gasteiger partial charge in [0.25, 0.3) is 0 Å². The Balaban J connectivity index is 2.40. The van der Waals surface area contributed by atoms with E-state index >= 15 is 0 Å². The standard InChI is InChI=1S/C9H18N4/c1-2-7-13-8-6-12-9(13)11-5-3-4-10/h6,8H,2-5,7,10H2,1H3,(H,11,12). The first kappa shape index (κ1) is 10.1. The van der Waals surface area contributed by atoms with Gasteiger partial charge in [0, 0.05) is 25.5 Å². The third kappa shape index (κ3) is 3.06. The fourth-order valence-electron chi connectivity index (χ4n) is 1.20. The molecule has 0 aliphatic heterocycles. The lowest BCUT2D eigenvalue weighted by Crippen LogP contribution is -2.12. The number of nitrogens with one attached hydrogen (secondary N) is 1. The molecule has 0 saturated carbocycles. The first-order valence-corrected chi connectivity index (χ1v) is 4.83. The zero-order valence-electron chi connectivity index (χ0n) is 8.16. The Kier molecular flexibility index (Phi) is 4.32. The summed E-state index contributed by atoms with van der Waals surface area (Å²) < 4.78 is 2.12. The van der Waals surface area contributed by atoms with Gasteiger partial charge in [-0.15, -0.1) is 0 Å². The van der Waals surface area contributed by atoms with E-state index in [1.807, 2.05) is 12.4 Å². The second-order valence-corrected chi connectivity index (χ2v) is 3.01. The van der Waals surface area contributed by atoms with Crippen molar-refractivity contribution in [2.24, 2.45) is 5.73 Å². The molecule has 0 aliphatic carbocycles. The molecule has 1 rings (SSSR count). The van der Waals surface area contributed by atoms with Gasteiger partial charge in [0.05, 0.1) is 0 Å². The van der Waals surface area contributed by atoms with Crippen LogP contribution in [0.4, 0.5) is 5.95 Å². The normalized spacial score (nSPS) is 10.3. The average molecular weight is 182 g/mol. The van der Waals surface area contributed by atoms with Gasteiger partial charge >= 0.3 is 0 Å². The number of rotatable bonds is 6. The summed E-state index contributed by atoms with van der Waals surface area (Å²) in [5.41, 5.74) is 5.40. The van der Waals surface area contributed by atoms with Crippen LogP contribution in [0.15, 0.2) is 12.4 Å². The number of aromatic nitrogens is 2. The van der Waals surface area contributed by atoms with E-state index in [2.05, 4.69) is 21.8 Å². The van der Waals surface area contributed by atoms with Gasteiger partial charge in [-0.25, -0.2) is 4.98 Å². The van der Waals surface area contributed by atoms with Crippen LogP contribution in [0.2, 0.25) is 0 Å². The molecule has 0 aliphatic rings. The molecule has 1 heterocycles. The zero-order valence-corrected chi connectivity index (χ0v) is 8.16. The first-order chi connectivity index (χ1) is 6.38. The first-order valence-electron chi connectivity index (χ1n) is 4.83. The molecular weight excluding hydrogens is 164 g/mol. The Hall–Kier alpha value is -1.03. The highest BCUT2D eigenvalue weighted by Gasteiger charge is 1.98. The Labute approximate surface area is 79.1 Å². The fraction of sp³-hybridized carbons (Fsp3) is 0.667. The molecule has 4 nitrogen and oxygen atoms in total. The van der Waals surface area contributed by atoms with E-state index in [0.717, 1.165) is 38.4 Å². The molecule has 0 aromatic carbocycles. The van der Waals surface area contributed by atoms with E-state index in [1.165, 1.54) is 0 Å². The van der Waals surface area contributed by atoms with Crippen LogP contribution >= 0.6 is 0 Å². The molecule has 74 valence electrons.